The van der Waals surface area contributed by atoms with E-state index in [1.54, 1.807) is 18.6 Å². The molecule has 0 amide bonds. The summed E-state index contributed by atoms with van der Waals surface area (Å²) in [4.78, 5) is 5.98. The molecule has 2 N–H and O–H groups in total. The summed E-state index contributed by atoms with van der Waals surface area (Å²) in [7, 11) is 1.57. The molecule has 0 spiro atoms. The van der Waals surface area contributed by atoms with Gasteiger partial charge in [-0.3, -0.25) is 4.57 Å². The van der Waals surface area contributed by atoms with Crippen LogP contribution in [0, 0.1) is 32.1 Å². The van der Waals surface area contributed by atoms with Crippen molar-refractivity contribution in [1.82, 2.24) is 9.55 Å². The van der Waals surface area contributed by atoms with E-state index in [0.717, 1.165) is 28.5 Å². The molecule has 0 fully saturated rings. The Balaban J connectivity index is 2.67. The van der Waals surface area contributed by atoms with Crippen LogP contribution in [-0.2, 0) is 5.92 Å². The third-order valence-electron chi connectivity index (χ3n) is 5.78. The molecule has 3 rings (SSSR count). The number of nitrogens with two attached hydrogens (primary N) is 1. The van der Waals surface area contributed by atoms with Crippen molar-refractivity contribution < 1.29 is 13.5 Å². The number of allylic oxidation sites excluding steroid dienone is 2. The van der Waals surface area contributed by atoms with Gasteiger partial charge in [-0.2, -0.15) is 14.0 Å². The number of thioether (sulfide) groups is 1. The van der Waals surface area contributed by atoms with E-state index in [9.17, 15) is 14.0 Å². The zero-order valence-electron chi connectivity index (χ0n) is 20.1. The second kappa shape index (κ2) is 8.71. The minimum atomic E-state index is -3.26. The Morgan fingerprint density at radius 2 is 1.85 bits per heavy atom. The first-order chi connectivity index (χ1) is 15.3. The smallest absolute Gasteiger partial charge is 0.287 e. The highest BCUT2D eigenvalue weighted by molar-refractivity contribution is 8.03. The van der Waals surface area contributed by atoms with E-state index in [1.165, 1.54) is 11.8 Å². The molecule has 0 bridgehead atoms. The van der Waals surface area contributed by atoms with Gasteiger partial charge in [-0.1, -0.05) is 23.4 Å². The Morgan fingerprint density at radius 3 is 2.36 bits per heavy atom. The highest BCUT2D eigenvalue weighted by atomic mass is 32.2. The van der Waals surface area contributed by atoms with E-state index >= 15 is 0 Å². The van der Waals surface area contributed by atoms with Gasteiger partial charge in [0.05, 0.1) is 28.9 Å². The van der Waals surface area contributed by atoms with E-state index in [0.29, 0.717) is 27.5 Å². The van der Waals surface area contributed by atoms with E-state index in [2.05, 4.69) is 11.1 Å². The van der Waals surface area contributed by atoms with Gasteiger partial charge in [-0.05, 0) is 58.1 Å². The van der Waals surface area contributed by atoms with E-state index in [-0.39, 0.29) is 16.8 Å². The van der Waals surface area contributed by atoms with E-state index in [1.807, 2.05) is 46.8 Å². The zero-order valence-corrected chi connectivity index (χ0v) is 21.0. The molecule has 2 aromatic heterocycles. The fourth-order valence-electron chi connectivity index (χ4n) is 3.90. The molecule has 1 aromatic carbocycles. The number of pyridine rings is 1. The predicted octanol–water partition coefficient (Wildman–Crippen LogP) is 6.93. The number of methoxy groups -OCH3 is 1. The molecule has 0 aliphatic heterocycles. The predicted molar refractivity (Wildman–Crippen MR) is 130 cm³/mol. The molecule has 0 unspecified atom stereocenters. The van der Waals surface area contributed by atoms with Crippen molar-refractivity contribution in [3.8, 4) is 17.5 Å². The van der Waals surface area contributed by atoms with Crippen LogP contribution < -0.4 is 10.5 Å². The van der Waals surface area contributed by atoms with Gasteiger partial charge in [0.1, 0.15) is 28.9 Å². The number of rotatable bonds is 5. The van der Waals surface area contributed by atoms with Crippen LogP contribution in [0.4, 0.5) is 14.6 Å². The lowest BCUT2D eigenvalue weighted by atomic mass is 10.1. The van der Waals surface area contributed by atoms with Gasteiger partial charge in [-0.15, -0.1) is 0 Å². The minimum absolute atomic E-state index is 0.00709. The molecular weight excluding hydrogens is 442 g/mol. The second-order valence-electron chi connectivity index (χ2n) is 8.41. The standard InChI is InChI=1S/C25H28F2N4OS/c1-12(2)16(6)33-22-15(5)30-23(25(7,26)27)19-17(11-28)24(29)31(21(19)22)20-13(3)9-10-18(32-8)14(20)4/h9-10H,29H2,1-8H3. The Kier molecular flexibility index (Phi) is 6.49. The molecule has 8 heteroatoms. The molecule has 2 heterocycles. The molecule has 174 valence electrons. The molecule has 5 nitrogen and oxygen atoms in total. The summed E-state index contributed by atoms with van der Waals surface area (Å²) < 4.78 is 36.8. The maximum absolute atomic E-state index is 14.8. The van der Waals surface area contributed by atoms with E-state index in [4.69, 9.17) is 10.5 Å². The Bertz CT molecular complexity index is 1340. The molecule has 0 aliphatic carbocycles. The van der Waals surface area contributed by atoms with Gasteiger partial charge in [0.25, 0.3) is 5.92 Å². The number of hydrogen-bond acceptors (Lipinski definition) is 5. The number of ether oxygens (including phenoxy) is 1. The van der Waals surface area contributed by atoms with Gasteiger partial charge >= 0.3 is 0 Å². The first-order valence-electron chi connectivity index (χ1n) is 10.4. The van der Waals surface area contributed by atoms with Gasteiger partial charge in [0, 0.05) is 17.9 Å². The van der Waals surface area contributed by atoms with Gasteiger partial charge in [-0.25, -0.2) is 4.98 Å². The maximum atomic E-state index is 14.8. The van der Waals surface area contributed by atoms with Crippen molar-refractivity contribution in [2.24, 2.45) is 0 Å². The van der Waals surface area contributed by atoms with Crippen LogP contribution in [0.15, 0.2) is 27.5 Å². The highest BCUT2D eigenvalue weighted by Gasteiger charge is 2.35. The number of hydrogen-bond donors (Lipinski definition) is 1. The zero-order chi connectivity index (χ0) is 24.8. The van der Waals surface area contributed by atoms with Crippen LogP contribution in [-0.4, -0.2) is 16.7 Å². The number of nitriles is 1. The summed E-state index contributed by atoms with van der Waals surface area (Å²) in [6, 6.07) is 5.79. The highest BCUT2D eigenvalue weighted by Crippen LogP contribution is 2.46. The molecule has 0 aliphatic rings. The lowest BCUT2D eigenvalue weighted by Gasteiger charge is -2.20. The number of benzene rings is 1. The first kappa shape index (κ1) is 24.6. The van der Waals surface area contributed by atoms with Crippen molar-refractivity contribution >= 4 is 28.5 Å². The average molecular weight is 471 g/mol. The van der Waals surface area contributed by atoms with Crippen molar-refractivity contribution in [2.45, 2.75) is 59.3 Å². The number of nitrogen functional groups attached to an aromatic ring is 1. The van der Waals surface area contributed by atoms with Crippen molar-refractivity contribution in [3.05, 3.63) is 50.7 Å². The topological polar surface area (TPSA) is 76.9 Å². The van der Waals surface area contributed by atoms with Gasteiger partial charge in [0.15, 0.2) is 0 Å². The quantitative estimate of drug-likeness (QED) is 0.409. The molecule has 0 atom stereocenters. The SMILES string of the molecule is COc1ccc(C)c(-n2c(N)c(C#N)c3c(C(C)(F)F)nc(C)c(SC(C)=C(C)C)c32)c1C. The summed E-state index contributed by atoms with van der Waals surface area (Å²) in [5.41, 5.74) is 10.4. The lowest BCUT2D eigenvalue weighted by molar-refractivity contribution is 0.0143. The number of aromatic nitrogens is 2. The molecule has 0 saturated carbocycles. The third kappa shape index (κ3) is 4.06. The van der Waals surface area contributed by atoms with Crippen LogP contribution in [0.1, 0.15) is 55.8 Å². The minimum Gasteiger partial charge on any atom is -0.496 e. The van der Waals surface area contributed by atoms with Crippen LogP contribution in [0.2, 0.25) is 0 Å². The summed E-state index contributed by atoms with van der Waals surface area (Å²) in [6.45, 7) is 12.2. The van der Waals surface area contributed by atoms with Crippen molar-refractivity contribution in [2.75, 3.05) is 12.8 Å². The number of anilines is 1. The Morgan fingerprint density at radius 1 is 1.21 bits per heavy atom. The van der Waals surface area contributed by atoms with Crippen LogP contribution in [0.5, 0.6) is 5.75 Å². The first-order valence-corrected chi connectivity index (χ1v) is 11.3. The summed E-state index contributed by atoms with van der Waals surface area (Å²) in [6.07, 6.45) is 0. The summed E-state index contributed by atoms with van der Waals surface area (Å²) in [5, 5.41) is 10.1. The summed E-state index contributed by atoms with van der Waals surface area (Å²) in [5.74, 6) is -2.53. The van der Waals surface area contributed by atoms with Gasteiger partial charge < -0.3 is 10.5 Å². The van der Waals surface area contributed by atoms with Gasteiger partial charge in [0.2, 0.25) is 0 Å². The lowest BCUT2D eigenvalue weighted by Crippen LogP contribution is -2.13. The maximum Gasteiger partial charge on any atom is 0.287 e. The largest absolute Gasteiger partial charge is 0.496 e. The molecule has 3 aromatic rings. The fraction of sp³-hybridized carbons (Fsp3) is 0.360. The Labute approximate surface area is 197 Å². The molecule has 33 heavy (non-hydrogen) atoms. The third-order valence-corrected chi connectivity index (χ3v) is 7.19. The van der Waals surface area contributed by atoms with Crippen molar-refractivity contribution in [1.29, 1.82) is 5.26 Å². The normalized spacial score (nSPS) is 11.5. The van der Waals surface area contributed by atoms with E-state index < -0.39 is 11.6 Å². The van der Waals surface area contributed by atoms with Crippen LogP contribution in [0.25, 0.3) is 16.6 Å². The fourth-order valence-corrected chi connectivity index (χ4v) is 4.90. The van der Waals surface area contributed by atoms with Crippen LogP contribution in [0.3, 0.4) is 0 Å². The monoisotopic (exact) mass is 470 g/mol. The number of alkyl halides is 2. The molecule has 0 saturated heterocycles. The number of fused-ring (bicyclic) bond motifs is 1. The second-order valence-corrected chi connectivity index (χ2v) is 9.64. The molecular formula is C25H28F2N4OS. The van der Waals surface area contributed by atoms with Crippen molar-refractivity contribution in [3.63, 3.8) is 0 Å². The number of aryl methyl sites for hydroxylation is 2. The average Bonchev–Trinajstić information content (AvgIpc) is 3.01. The Hall–Kier alpha value is -3.05. The number of halogens is 2. The summed E-state index contributed by atoms with van der Waals surface area (Å²) >= 11 is 1.45. The molecule has 0 radical (unpaired) electrons. The van der Waals surface area contributed by atoms with Crippen LogP contribution >= 0.6 is 11.8 Å². The number of nitrogens with zero attached hydrogens (tertiary/aromatic N) is 3.